The number of rotatable bonds is 4. The van der Waals surface area contributed by atoms with E-state index in [0.717, 1.165) is 24.3 Å². The fourth-order valence-corrected chi connectivity index (χ4v) is 2.46. The van der Waals surface area contributed by atoms with E-state index in [4.69, 9.17) is 22.3 Å². The predicted molar refractivity (Wildman–Crippen MR) is 91.9 cm³/mol. The van der Waals surface area contributed by atoms with E-state index in [2.05, 4.69) is 11.8 Å². The zero-order chi connectivity index (χ0) is 21.4. The molecular formula is C21H10F6O2. The van der Waals surface area contributed by atoms with Crippen LogP contribution in [0.2, 0.25) is 0 Å². The molecule has 0 aliphatic heterocycles. The zero-order valence-corrected chi connectivity index (χ0v) is 14.4. The first kappa shape index (κ1) is 20.2. The molecule has 148 valence electrons. The van der Waals surface area contributed by atoms with Gasteiger partial charge in [-0.25, -0.2) is 0 Å². The quantitative estimate of drug-likeness (QED) is 0.509. The van der Waals surface area contributed by atoms with Gasteiger partial charge in [-0.2, -0.15) is 26.3 Å². The Kier molecular flexibility index (Phi) is 4.76. The monoisotopic (exact) mass is 408 g/mol. The lowest BCUT2D eigenvalue weighted by molar-refractivity contribution is -0.273. The summed E-state index contributed by atoms with van der Waals surface area (Å²) in [5.41, 5.74) is 0.676. The van der Waals surface area contributed by atoms with Crippen LogP contribution in [0.15, 0.2) is 60.0 Å². The summed E-state index contributed by atoms with van der Waals surface area (Å²) in [6, 6.07) is 9.35. The Morgan fingerprint density at radius 2 is 0.897 bits per heavy atom. The summed E-state index contributed by atoms with van der Waals surface area (Å²) in [7, 11) is 0. The first-order valence-corrected chi connectivity index (χ1v) is 7.92. The highest BCUT2D eigenvalue weighted by atomic mass is 19.3. The maximum Gasteiger partial charge on any atom is 0.387 e. The van der Waals surface area contributed by atoms with Crippen LogP contribution in [-0.4, -0.2) is 17.8 Å². The van der Waals surface area contributed by atoms with Gasteiger partial charge in [0.2, 0.25) is 11.5 Å². The van der Waals surface area contributed by atoms with Gasteiger partial charge < -0.3 is 9.47 Å². The number of ether oxygens (including phenoxy) is 2. The minimum Gasteiger partial charge on any atom is -0.451 e. The average Bonchev–Trinajstić information content (AvgIpc) is 2.79. The van der Waals surface area contributed by atoms with Crippen molar-refractivity contribution in [1.29, 1.82) is 0 Å². The first-order chi connectivity index (χ1) is 13.5. The highest BCUT2D eigenvalue weighted by Crippen LogP contribution is 2.59. The number of terminal acetylenes is 2. The Balaban J connectivity index is 2.08. The summed E-state index contributed by atoms with van der Waals surface area (Å²) in [6.07, 6.45) is 10.3. The molecule has 0 fully saturated rings. The Morgan fingerprint density at radius 1 is 0.586 bits per heavy atom. The van der Waals surface area contributed by atoms with Crippen molar-refractivity contribution in [3.8, 4) is 36.2 Å². The highest BCUT2D eigenvalue weighted by Gasteiger charge is 2.83. The van der Waals surface area contributed by atoms with E-state index in [1.165, 1.54) is 24.3 Å². The topological polar surface area (TPSA) is 18.5 Å². The molecule has 0 saturated heterocycles. The SMILES string of the molecule is C#Cc1ccc(OC2=C(Oc3ccc(C#C)cc3)C(F)(F)C(F)(F)C2(F)F)cc1. The van der Waals surface area contributed by atoms with Crippen LogP contribution in [-0.2, 0) is 0 Å². The fourth-order valence-electron chi connectivity index (χ4n) is 2.46. The Labute approximate surface area is 161 Å². The Bertz CT molecular complexity index is 955. The lowest BCUT2D eigenvalue weighted by atomic mass is 10.1. The van der Waals surface area contributed by atoms with Gasteiger partial charge in [-0.05, 0) is 48.5 Å². The van der Waals surface area contributed by atoms with Gasteiger partial charge in [-0.15, -0.1) is 12.8 Å². The van der Waals surface area contributed by atoms with Crippen LogP contribution in [0.4, 0.5) is 26.3 Å². The molecule has 29 heavy (non-hydrogen) atoms. The van der Waals surface area contributed by atoms with E-state index in [9.17, 15) is 26.3 Å². The molecule has 0 amide bonds. The number of hydrogen-bond acceptors (Lipinski definition) is 2. The van der Waals surface area contributed by atoms with Gasteiger partial charge >= 0.3 is 17.8 Å². The van der Waals surface area contributed by atoms with E-state index in [1.807, 2.05) is 0 Å². The first-order valence-electron chi connectivity index (χ1n) is 7.92. The summed E-state index contributed by atoms with van der Waals surface area (Å²) in [5.74, 6) is -16.8. The second-order valence-corrected chi connectivity index (χ2v) is 5.92. The van der Waals surface area contributed by atoms with Crippen molar-refractivity contribution >= 4 is 0 Å². The molecule has 1 aliphatic rings. The molecule has 0 aromatic heterocycles. The van der Waals surface area contributed by atoms with Crippen LogP contribution >= 0.6 is 0 Å². The predicted octanol–water partition coefficient (Wildman–Crippen LogP) is 5.24. The molecular weight excluding hydrogens is 398 g/mol. The Morgan fingerprint density at radius 3 is 1.17 bits per heavy atom. The number of benzene rings is 2. The molecule has 0 unspecified atom stereocenters. The zero-order valence-electron chi connectivity index (χ0n) is 14.4. The third-order valence-electron chi connectivity index (χ3n) is 4.05. The maximum atomic E-state index is 14.2. The standard InChI is InChI=1S/C21H10F6O2/c1-3-13-5-9-15(10-6-13)28-17-18(20(24,25)21(26,27)19(17,22)23)29-16-11-7-14(4-2)8-12-16/h1-2,5-12H. The van der Waals surface area contributed by atoms with Gasteiger partial charge in [-0.1, -0.05) is 11.8 Å². The van der Waals surface area contributed by atoms with Crippen molar-refractivity contribution in [2.75, 3.05) is 0 Å². The normalized spacial score (nSPS) is 18.6. The van der Waals surface area contributed by atoms with E-state index in [1.54, 1.807) is 0 Å². The summed E-state index contributed by atoms with van der Waals surface area (Å²) in [4.78, 5) is 0. The van der Waals surface area contributed by atoms with Crippen LogP contribution in [0.1, 0.15) is 11.1 Å². The number of halogens is 6. The number of alkyl halides is 6. The second kappa shape index (κ2) is 6.82. The van der Waals surface area contributed by atoms with Crippen LogP contribution in [0, 0.1) is 24.7 Å². The molecule has 2 nitrogen and oxygen atoms in total. The van der Waals surface area contributed by atoms with Crippen molar-refractivity contribution in [1.82, 2.24) is 0 Å². The third kappa shape index (κ3) is 3.17. The molecule has 2 aromatic rings. The van der Waals surface area contributed by atoms with Crippen molar-refractivity contribution < 1.29 is 35.8 Å². The summed E-state index contributed by atoms with van der Waals surface area (Å²) in [5, 5.41) is 0. The van der Waals surface area contributed by atoms with Gasteiger partial charge in [0.25, 0.3) is 0 Å². The minimum absolute atomic E-state index is 0.338. The van der Waals surface area contributed by atoms with E-state index < -0.39 is 40.8 Å². The van der Waals surface area contributed by atoms with Crippen LogP contribution in [0.5, 0.6) is 11.5 Å². The van der Waals surface area contributed by atoms with Gasteiger partial charge in [0.05, 0.1) is 0 Å². The van der Waals surface area contributed by atoms with Gasteiger partial charge in [0.1, 0.15) is 11.5 Å². The van der Waals surface area contributed by atoms with Crippen molar-refractivity contribution in [3.05, 3.63) is 71.2 Å². The van der Waals surface area contributed by atoms with Crippen LogP contribution < -0.4 is 9.47 Å². The molecule has 3 rings (SSSR count). The van der Waals surface area contributed by atoms with Gasteiger partial charge in [-0.3, -0.25) is 0 Å². The number of hydrogen-bond donors (Lipinski definition) is 0. The smallest absolute Gasteiger partial charge is 0.387 e. The molecule has 0 spiro atoms. The number of allylic oxidation sites excluding steroid dienone is 2. The molecule has 1 aliphatic carbocycles. The second-order valence-electron chi connectivity index (χ2n) is 5.92. The van der Waals surface area contributed by atoms with E-state index in [0.29, 0.717) is 11.1 Å². The fraction of sp³-hybridized carbons (Fsp3) is 0.143. The molecule has 0 radical (unpaired) electrons. The molecule has 8 heteroatoms. The summed E-state index contributed by atoms with van der Waals surface area (Å²) < 4.78 is 94.2. The third-order valence-corrected chi connectivity index (χ3v) is 4.05. The molecule has 0 atom stereocenters. The lowest BCUT2D eigenvalue weighted by Gasteiger charge is -2.24. The molecule has 0 saturated carbocycles. The highest BCUT2D eigenvalue weighted by molar-refractivity contribution is 5.43. The van der Waals surface area contributed by atoms with Gasteiger partial charge in [0.15, 0.2) is 0 Å². The molecule has 2 aromatic carbocycles. The molecule has 0 heterocycles. The summed E-state index contributed by atoms with van der Waals surface area (Å²) >= 11 is 0. The van der Waals surface area contributed by atoms with E-state index >= 15 is 0 Å². The van der Waals surface area contributed by atoms with Crippen LogP contribution in [0.3, 0.4) is 0 Å². The molecule has 0 bridgehead atoms. The maximum absolute atomic E-state index is 14.2. The minimum atomic E-state index is -5.78. The van der Waals surface area contributed by atoms with Crippen molar-refractivity contribution in [2.45, 2.75) is 17.8 Å². The largest absolute Gasteiger partial charge is 0.451 e. The van der Waals surface area contributed by atoms with Gasteiger partial charge in [0, 0.05) is 11.1 Å². The van der Waals surface area contributed by atoms with Crippen molar-refractivity contribution in [3.63, 3.8) is 0 Å². The lowest BCUT2D eigenvalue weighted by Crippen LogP contribution is -2.50. The summed E-state index contributed by atoms with van der Waals surface area (Å²) in [6.45, 7) is 0. The van der Waals surface area contributed by atoms with Crippen molar-refractivity contribution in [2.24, 2.45) is 0 Å². The Hall–Kier alpha value is -3.52. The van der Waals surface area contributed by atoms with Crippen LogP contribution in [0.25, 0.3) is 0 Å². The van der Waals surface area contributed by atoms with E-state index in [-0.39, 0.29) is 0 Å². The molecule has 0 N–H and O–H groups in total. The average molecular weight is 408 g/mol.